The van der Waals surface area contributed by atoms with Crippen LogP contribution in [0.5, 0.6) is 0 Å². The first-order chi connectivity index (χ1) is 14.0. The molecule has 186 valence electrons. The molecule has 0 aromatic heterocycles. The Kier molecular flexibility index (Phi) is 40.5. The zero-order chi connectivity index (χ0) is 22.2. The van der Waals surface area contributed by atoms with Crippen molar-refractivity contribution in [2.45, 2.75) is 117 Å². The Balaban J connectivity index is -0.000000282. The quantitative estimate of drug-likeness (QED) is 0.145. The van der Waals surface area contributed by atoms with E-state index in [1.54, 1.807) is 0 Å². The van der Waals surface area contributed by atoms with Crippen LogP contribution in [0, 0.1) is 0 Å². The molecule has 0 fully saturated rings. The summed E-state index contributed by atoms with van der Waals surface area (Å²) in [6, 6.07) is 0. The maximum Gasteiger partial charge on any atom is 0.303 e. The molecule has 0 saturated carbocycles. The van der Waals surface area contributed by atoms with E-state index in [1.807, 2.05) is 0 Å². The Hall–Kier alpha value is 0.327. The van der Waals surface area contributed by atoms with E-state index in [0.29, 0.717) is 6.42 Å². The Morgan fingerprint density at radius 2 is 0.968 bits per heavy atom. The molecular weight excluding hydrogens is 486 g/mol. The molecule has 31 heavy (non-hydrogen) atoms. The summed E-state index contributed by atoms with van der Waals surface area (Å²) in [6.07, 6.45) is 20.2. The van der Waals surface area contributed by atoms with Crippen LogP contribution in [0.3, 0.4) is 0 Å². The van der Waals surface area contributed by atoms with Crippen LogP contribution in [-0.4, -0.2) is 53.9 Å². The first-order valence-corrected chi connectivity index (χ1v) is 13.6. The molecule has 10 heteroatoms. The second-order valence-corrected chi connectivity index (χ2v) is 9.83. The topological polar surface area (TPSA) is 105 Å². The van der Waals surface area contributed by atoms with Gasteiger partial charge in [0.2, 0.25) is 0 Å². The Labute approximate surface area is 208 Å². The van der Waals surface area contributed by atoms with Crippen molar-refractivity contribution in [3.8, 4) is 0 Å². The molecule has 0 saturated heterocycles. The predicted molar refractivity (Wildman–Crippen MR) is 125 cm³/mol. The summed E-state index contributed by atoms with van der Waals surface area (Å²) in [5, 5.41) is 8.52. The van der Waals surface area contributed by atoms with E-state index >= 15 is 0 Å². The van der Waals surface area contributed by atoms with Gasteiger partial charge in [-0.15, -0.1) is 0 Å². The van der Waals surface area contributed by atoms with Crippen LogP contribution < -0.4 is 0 Å². The van der Waals surface area contributed by atoms with Gasteiger partial charge < -0.3 is 27.7 Å². The van der Waals surface area contributed by atoms with E-state index in [2.05, 4.69) is 19.9 Å². The van der Waals surface area contributed by atoms with E-state index in [4.69, 9.17) is 14.7 Å². The zero-order valence-electron chi connectivity index (χ0n) is 19.5. The number of carbonyl (C=O) groups is 1. The van der Waals surface area contributed by atoms with Crippen molar-refractivity contribution < 1.29 is 51.9 Å². The van der Waals surface area contributed by atoms with Gasteiger partial charge in [-0.25, -0.2) is 0 Å². The molecule has 0 aliphatic carbocycles. The monoisotopic (exact) mass is 532 g/mol. The van der Waals surface area contributed by atoms with Gasteiger partial charge in [-0.1, -0.05) is 104 Å². The summed E-state index contributed by atoms with van der Waals surface area (Å²) in [5.41, 5.74) is 0. The molecule has 0 aromatic carbocycles. The second-order valence-electron chi connectivity index (χ2n) is 7.14. The Morgan fingerprint density at radius 1 is 0.677 bits per heavy atom. The van der Waals surface area contributed by atoms with Gasteiger partial charge in [-0.3, -0.25) is 4.79 Å². The summed E-state index contributed by atoms with van der Waals surface area (Å²) >= 11 is 0. The molecule has 3 N–H and O–H groups in total. The van der Waals surface area contributed by atoms with Crippen LogP contribution in [0.2, 0.25) is 0 Å². The van der Waals surface area contributed by atoms with E-state index in [1.165, 1.54) is 97.7 Å². The molecule has 0 unspecified atom stereocenters. The molecule has 0 aliphatic heterocycles. The number of carboxylic acid groups (broad SMARTS) is 1. The summed E-state index contributed by atoms with van der Waals surface area (Å²) in [5.74, 6) is -0.653. The van der Waals surface area contributed by atoms with Crippen molar-refractivity contribution in [1.29, 1.82) is 0 Å². The first-order valence-electron chi connectivity index (χ1n) is 11.1. The minimum atomic E-state index is -2.27. The van der Waals surface area contributed by atoms with Crippen molar-refractivity contribution in [3.63, 3.8) is 0 Å². The maximum atomic E-state index is 10.3. The predicted octanol–water partition coefficient (Wildman–Crippen LogP) is 5.22. The maximum absolute atomic E-state index is 10.3. The second kappa shape index (κ2) is 32.5. The van der Waals surface area contributed by atoms with Gasteiger partial charge in [0.25, 0.3) is 0 Å². The fourth-order valence-corrected chi connectivity index (χ4v) is 4.07. The summed E-state index contributed by atoms with van der Waals surface area (Å²) in [7, 11) is -1.96. The average molecular weight is 534 g/mol. The van der Waals surface area contributed by atoms with Crippen LogP contribution in [0.25, 0.3) is 0 Å². The standard InChI is InChI=1S/C18H36O2.C2H8O5Si2.CH4.Zn/c1-2-3-4-5-6-7-8-9-10-11-12-13-14-15-16-17-18(19)20;1-5-8(3)7-9(4)6-2;;/h2-17H2,1H3,(H,19,20);3-4H,1-2H3;1H4;/q;-2;;. The third kappa shape index (κ3) is 37.9. The molecule has 0 radical (unpaired) electrons. The molecule has 0 spiro atoms. The van der Waals surface area contributed by atoms with Gasteiger partial charge >= 0.3 is 5.97 Å². The van der Waals surface area contributed by atoms with E-state index < -0.39 is 25.0 Å². The molecule has 0 amide bonds. The fourth-order valence-electron chi connectivity index (χ4n) is 2.81. The number of unbranched alkanes of at least 4 members (excludes halogenated alkanes) is 14. The zero-order valence-corrected chi connectivity index (χ0v) is 24.5. The van der Waals surface area contributed by atoms with Gasteiger partial charge in [0.15, 0.2) is 19.1 Å². The molecule has 0 rings (SSSR count). The Morgan fingerprint density at radius 3 is 1.23 bits per heavy atom. The van der Waals surface area contributed by atoms with Crippen molar-refractivity contribution in [2.75, 3.05) is 14.2 Å². The minimum absolute atomic E-state index is 0. The van der Waals surface area contributed by atoms with Crippen LogP contribution in [0.1, 0.15) is 117 Å². The van der Waals surface area contributed by atoms with Crippen molar-refractivity contribution >= 4 is 25.0 Å². The van der Waals surface area contributed by atoms with Crippen molar-refractivity contribution in [1.82, 2.24) is 0 Å². The molecular formula is C21H48O7Si2Zn-2. The molecule has 0 aliphatic rings. The largest absolute Gasteiger partial charge is 0.721 e. The molecule has 7 nitrogen and oxygen atoms in total. The Bertz CT molecular complexity index is 335. The molecule has 0 heterocycles. The first kappa shape index (κ1) is 38.6. The summed E-state index contributed by atoms with van der Waals surface area (Å²) in [4.78, 5) is 27.5. The van der Waals surface area contributed by atoms with Gasteiger partial charge in [0.05, 0.1) is 0 Å². The number of carboxylic acids is 1. The van der Waals surface area contributed by atoms with E-state index in [-0.39, 0.29) is 26.9 Å². The van der Waals surface area contributed by atoms with Gasteiger partial charge in [0.1, 0.15) is 0 Å². The summed E-state index contributed by atoms with van der Waals surface area (Å²) in [6.45, 7) is 2.27. The number of aliphatic carboxylic acids is 1. The number of hydrogen-bond donors (Lipinski definition) is 3. The van der Waals surface area contributed by atoms with Crippen molar-refractivity contribution in [3.05, 3.63) is 0 Å². The normalized spacial score (nSPS) is 10.3. The van der Waals surface area contributed by atoms with E-state index in [9.17, 15) is 4.79 Å². The number of rotatable bonds is 20. The molecule has 0 aromatic rings. The van der Waals surface area contributed by atoms with Crippen LogP contribution >= 0.6 is 0 Å². The van der Waals surface area contributed by atoms with Gasteiger partial charge in [-0.05, 0) is 20.6 Å². The van der Waals surface area contributed by atoms with Gasteiger partial charge in [0, 0.05) is 25.9 Å². The minimum Gasteiger partial charge on any atom is -0.721 e. The third-order valence-electron chi connectivity index (χ3n) is 4.52. The van der Waals surface area contributed by atoms with Crippen LogP contribution in [0.4, 0.5) is 0 Å². The summed E-state index contributed by atoms with van der Waals surface area (Å²) < 4.78 is 13.1. The van der Waals surface area contributed by atoms with Gasteiger partial charge in [-0.2, -0.15) is 0 Å². The average Bonchev–Trinajstić information content (AvgIpc) is 2.70. The van der Waals surface area contributed by atoms with Crippen LogP contribution in [0.15, 0.2) is 0 Å². The van der Waals surface area contributed by atoms with Crippen molar-refractivity contribution in [2.24, 2.45) is 0 Å². The number of hydrogen-bond acceptors (Lipinski definition) is 6. The smallest absolute Gasteiger partial charge is 0.303 e. The molecule has 0 bridgehead atoms. The fraction of sp³-hybridized carbons (Fsp3) is 0.952. The van der Waals surface area contributed by atoms with E-state index in [0.717, 1.165) is 12.8 Å². The molecule has 0 atom stereocenters. The SMILES string of the molecule is C.CCCCCCCCCCCCCCCCCC(=O)O.CO[Si-](O)O[Si-](O)OC.[Zn]. The third-order valence-corrected chi connectivity index (χ3v) is 6.61. The van der Waals surface area contributed by atoms with Crippen LogP contribution in [-0.2, 0) is 37.2 Å².